The summed E-state index contributed by atoms with van der Waals surface area (Å²) in [7, 11) is 0. The average Bonchev–Trinajstić information content (AvgIpc) is 2.91. The van der Waals surface area contributed by atoms with Gasteiger partial charge in [-0.3, -0.25) is 0 Å². The second-order valence-corrected chi connectivity index (χ2v) is 7.83. The number of nitrogens with zero attached hydrogens (tertiary/aromatic N) is 2. The zero-order valence-corrected chi connectivity index (χ0v) is 18.8. The highest BCUT2D eigenvalue weighted by Crippen LogP contribution is 2.24. The molecule has 0 aromatic heterocycles. The Bertz CT molecular complexity index is 1170. The lowest BCUT2D eigenvalue weighted by Gasteiger charge is -2.09. The van der Waals surface area contributed by atoms with Crippen molar-refractivity contribution < 1.29 is 9.47 Å². The summed E-state index contributed by atoms with van der Waals surface area (Å²) in [5.74, 6) is 1.69. The van der Waals surface area contributed by atoms with E-state index in [-0.39, 0.29) is 0 Å². The van der Waals surface area contributed by atoms with Crippen molar-refractivity contribution in [1.82, 2.24) is 0 Å². The smallest absolute Gasteiger partial charge is 0.119 e. The van der Waals surface area contributed by atoms with Gasteiger partial charge in [0, 0.05) is 0 Å². The standard InChI is InChI=1S/C30H24N2O2/c31-21-23-3-7-25(8-4-23)27-11-15-29(16-12-27)33-19-1-2-20-34-30-17-13-28(14-18-30)26-9-5-24(22-32)6-10-26/h3-18H,1-2,19-20H2. The molecule has 0 aliphatic heterocycles. The normalized spacial score (nSPS) is 10.2. The Morgan fingerprint density at radius 3 is 1.03 bits per heavy atom. The Balaban J connectivity index is 1.16. The van der Waals surface area contributed by atoms with E-state index >= 15 is 0 Å². The molecule has 4 aromatic rings. The van der Waals surface area contributed by atoms with Crippen LogP contribution in [0.2, 0.25) is 0 Å². The third-order valence-corrected chi connectivity index (χ3v) is 5.48. The first-order chi connectivity index (χ1) is 16.7. The van der Waals surface area contributed by atoms with Crippen molar-refractivity contribution in [3.63, 3.8) is 0 Å². The molecule has 0 aliphatic rings. The van der Waals surface area contributed by atoms with Crippen LogP contribution in [0.4, 0.5) is 0 Å². The molecule has 0 unspecified atom stereocenters. The van der Waals surface area contributed by atoms with Crippen LogP contribution in [0.25, 0.3) is 22.3 Å². The maximum Gasteiger partial charge on any atom is 0.119 e. The van der Waals surface area contributed by atoms with Crippen LogP contribution in [0, 0.1) is 22.7 Å². The third-order valence-electron chi connectivity index (χ3n) is 5.48. The van der Waals surface area contributed by atoms with Crippen LogP contribution in [-0.4, -0.2) is 13.2 Å². The fraction of sp³-hybridized carbons (Fsp3) is 0.133. The summed E-state index contributed by atoms with van der Waals surface area (Å²) in [6.07, 6.45) is 1.81. The maximum atomic E-state index is 8.91. The van der Waals surface area contributed by atoms with E-state index in [2.05, 4.69) is 12.1 Å². The molecular weight excluding hydrogens is 420 g/mol. The lowest BCUT2D eigenvalue weighted by Crippen LogP contribution is -2.02. The Hall–Kier alpha value is -4.54. The summed E-state index contributed by atoms with van der Waals surface area (Å²) < 4.78 is 11.7. The van der Waals surface area contributed by atoms with Gasteiger partial charge in [-0.1, -0.05) is 48.5 Å². The quantitative estimate of drug-likeness (QED) is 0.261. The van der Waals surface area contributed by atoms with Gasteiger partial charge in [-0.2, -0.15) is 10.5 Å². The van der Waals surface area contributed by atoms with Gasteiger partial charge >= 0.3 is 0 Å². The zero-order chi connectivity index (χ0) is 23.6. The molecule has 0 atom stereocenters. The summed E-state index contributed by atoms with van der Waals surface area (Å²) in [6, 6.07) is 35.4. The monoisotopic (exact) mass is 444 g/mol. The number of unbranched alkanes of at least 4 members (excludes halogenated alkanes) is 1. The molecule has 34 heavy (non-hydrogen) atoms. The maximum absolute atomic E-state index is 8.91. The fourth-order valence-electron chi connectivity index (χ4n) is 3.55. The molecule has 4 aromatic carbocycles. The summed E-state index contributed by atoms with van der Waals surface area (Å²) in [6.45, 7) is 1.27. The molecule has 166 valence electrons. The summed E-state index contributed by atoms with van der Waals surface area (Å²) in [4.78, 5) is 0. The van der Waals surface area contributed by atoms with E-state index < -0.39 is 0 Å². The van der Waals surface area contributed by atoms with Crippen LogP contribution in [0.3, 0.4) is 0 Å². The molecule has 0 radical (unpaired) electrons. The SMILES string of the molecule is N#Cc1ccc(-c2ccc(OCCCCOc3ccc(-c4ccc(C#N)cc4)cc3)cc2)cc1. The lowest BCUT2D eigenvalue weighted by molar-refractivity contribution is 0.266. The fourth-order valence-corrected chi connectivity index (χ4v) is 3.55. The first kappa shape index (κ1) is 22.6. The van der Waals surface area contributed by atoms with Crippen molar-refractivity contribution in [2.24, 2.45) is 0 Å². The van der Waals surface area contributed by atoms with Crippen molar-refractivity contribution in [2.45, 2.75) is 12.8 Å². The number of nitriles is 2. The van der Waals surface area contributed by atoms with Crippen LogP contribution in [0.15, 0.2) is 97.1 Å². The number of hydrogen-bond donors (Lipinski definition) is 0. The number of ether oxygens (including phenoxy) is 2. The van der Waals surface area contributed by atoms with E-state index in [4.69, 9.17) is 20.0 Å². The van der Waals surface area contributed by atoms with E-state index in [0.717, 1.165) is 46.6 Å². The van der Waals surface area contributed by atoms with Crippen molar-refractivity contribution in [2.75, 3.05) is 13.2 Å². The molecule has 4 nitrogen and oxygen atoms in total. The Labute approximate surface area is 200 Å². The van der Waals surface area contributed by atoms with Gasteiger partial charge in [0.05, 0.1) is 36.5 Å². The zero-order valence-electron chi connectivity index (χ0n) is 18.8. The van der Waals surface area contributed by atoms with Crippen LogP contribution in [-0.2, 0) is 0 Å². The van der Waals surface area contributed by atoms with E-state index in [1.807, 2.05) is 97.1 Å². The van der Waals surface area contributed by atoms with Gasteiger partial charge in [-0.25, -0.2) is 0 Å². The van der Waals surface area contributed by atoms with Crippen molar-refractivity contribution in [3.05, 3.63) is 108 Å². The van der Waals surface area contributed by atoms with Gasteiger partial charge in [0.2, 0.25) is 0 Å². The molecule has 0 amide bonds. The first-order valence-corrected chi connectivity index (χ1v) is 11.2. The molecule has 0 saturated heterocycles. The molecule has 4 rings (SSSR count). The lowest BCUT2D eigenvalue weighted by atomic mass is 10.0. The number of rotatable bonds is 9. The van der Waals surface area contributed by atoms with Gasteiger partial charge in [-0.05, 0) is 83.6 Å². The van der Waals surface area contributed by atoms with Crippen LogP contribution >= 0.6 is 0 Å². The Morgan fingerprint density at radius 1 is 0.441 bits per heavy atom. The van der Waals surface area contributed by atoms with Crippen LogP contribution < -0.4 is 9.47 Å². The van der Waals surface area contributed by atoms with Crippen molar-refractivity contribution >= 4 is 0 Å². The predicted molar refractivity (Wildman–Crippen MR) is 133 cm³/mol. The molecule has 0 heterocycles. The number of benzene rings is 4. The summed E-state index contributed by atoms with van der Waals surface area (Å²) in [5.41, 5.74) is 5.66. The minimum Gasteiger partial charge on any atom is -0.494 e. The molecule has 4 heteroatoms. The van der Waals surface area contributed by atoms with Crippen LogP contribution in [0.5, 0.6) is 11.5 Å². The van der Waals surface area contributed by atoms with E-state index in [1.54, 1.807) is 0 Å². The molecule has 0 fully saturated rings. The van der Waals surface area contributed by atoms with Gasteiger partial charge < -0.3 is 9.47 Å². The molecule has 0 spiro atoms. The number of hydrogen-bond acceptors (Lipinski definition) is 4. The van der Waals surface area contributed by atoms with E-state index in [1.165, 1.54) is 0 Å². The van der Waals surface area contributed by atoms with Crippen molar-refractivity contribution in [3.8, 4) is 45.9 Å². The highest BCUT2D eigenvalue weighted by Gasteiger charge is 2.02. The van der Waals surface area contributed by atoms with Gasteiger partial charge in [0.15, 0.2) is 0 Å². The Kier molecular flexibility index (Phi) is 7.57. The second-order valence-electron chi connectivity index (χ2n) is 7.83. The van der Waals surface area contributed by atoms with Crippen molar-refractivity contribution in [1.29, 1.82) is 10.5 Å². The minimum absolute atomic E-state index is 0.636. The Morgan fingerprint density at radius 2 is 0.735 bits per heavy atom. The first-order valence-electron chi connectivity index (χ1n) is 11.2. The van der Waals surface area contributed by atoms with Gasteiger partial charge in [0.25, 0.3) is 0 Å². The molecular formula is C30H24N2O2. The van der Waals surface area contributed by atoms with Gasteiger partial charge in [0.1, 0.15) is 11.5 Å². The second kappa shape index (κ2) is 11.4. The molecule has 0 N–H and O–H groups in total. The molecule has 0 aliphatic carbocycles. The minimum atomic E-state index is 0.636. The highest BCUT2D eigenvalue weighted by atomic mass is 16.5. The predicted octanol–water partition coefficient (Wildman–Crippen LogP) is 7.00. The molecule has 0 bridgehead atoms. The largest absolute Gasteiger partial charge is 0.494 e. The van der Waals surface area contributed by atoms with E-state index in [9.17, 15) is 0 Å². The van der Waals surface area contributed by atoms with Crippen LogP contribution in [0.1, 0.15) is 24.0 Å². The highest BCUT2D eigenvalue weighted by molar-refractivity contribution is 5.65. The van der Waals surface area contributed by atoms with E-state index in [0.29, 0.717) is 24.3 Å². The molecule has 0 saturated carbocycles. The summed E-state index contributed by atoms with van der Waals surface area (Å²) in [5, 5.41) is 17.8. The van der Waals surface area contributed by atoms with Gasteiger partial charge in [-0.15, -0.1) is 0 Å². The topological polar surface area (TPSA) is 66.0 Å². The third kappa shape index (κ3) is 6.03. The average molecular weight is 445 g/mol. The summed E-state index contributed by atoms with van der Waals surface area (Å²) >= 11 is 0.